The Labute approximate surface area is 228 Å². The summed E-state index contributed by atoms with van der Waals surface area (Å²) in [6.45, 7) is 0. The topological polar surface area (TPSA) is 81.5 Å². The molecule has 2 heterocycles. The van der Waals surface area contributed by atoms with Gasteiger partial charge in [-0.25, -0.2) is 9.97 Å². The molecule has 1 unspecified atom stereocenters. The van der Waals surface area contributed by atoms with Crippen molar-refractivity contribution in [1.29, 1.82) is 0 Å². The molecule has 0 amide bonds. The largest absolute Gasteiger partial charge is 0.496 e. The molecule has 186 valence electrons. The lowest BCUT2D eigenvalue weighted by molar-refractivity contribution is 0.103. The predicted molar refractivity (Wildman–Crippen MR) is 142 cm³/mol. The average Bonchev–Trinajstić information content (AvgIpc) is 2.88. The molecule has 0 aliphatic carbocycles. The molecule has 4 aromatic rings. The smallest absolute Gasteiger partial charge is 0.199 e. The fourth-order valence-electron chi connectivity index (χ4n) is 3.25. The van der Waals surface area contributed by atoms with E-state index in [-0.39, 0.29) is 26.4 Å². The summed E-state index contributed by atoms with van der Waals surface area (Å²) in [4.78, 5) is 20.1. The number of pyridine rings is 2. The van der Waals surface area contributed by atoms with Crippen LogP contribution in [0.5, 0.6) is 11.5 Å². The number of halogens is 4. The van der Waals surface area contributed by atoms with Crippen LogP contribution in [0.1, 0.15) is 33.2 Å². The van der Waals surface area contributed by atoms with Gasteiger partial charge in [-0.15, -0.1) is 0 Å². The van der Waals surface area contributed by atoms with E-state index < -0.39 is 6.10 Å². The first-order valence-electron chi connectivity index (χ1n) is 10.4. The third kappa shape index (κ3) is 6.66. The van der Waals surface area contributed by atoms with Crippen molar-refractivity contribution >= 4 is 52.2 Å². The van der Waals surface area contributed by atoms with Gasteiger partial charge in [-0.2, -0.15) is 0 Å². The molecular formula is C26H20Cl4N2O4. The van der Waals surface area contributed by atoms with Gasteiger partial charge in [0.05, 0.1) is 25.3 Å². The van der Waals surface area contributed by atoms with E-state index in [0.29, 0.717) is 33.8 Å². The van der Waals surface area contributed by atoms with Crippen molar-refractivity contribution in [2.24, 2.45) is 0 Å². The second kappa shape index (κ2) is 12.9. The number of aliphatic hydroxyl groups is 1. The molecule has 1 N–H and O–H groups in total. The van der Waals surface area contributed by atoms with Crippen LogP contribution in [0.3, 0.4) is 0 Å². The molecule has 0 bridgehead atoms. The minimum atomic E-state index is -0.904. The van der Waals surface area contributed by atoms with Crippen molar-refractivity contribution in [2.75, 3.05) is 14.2 Å². The van der Waals surface area contributed by atoms with Gasteiger partial charge in [0.1, 0.15) is 38.2 Å². The zero-order valence-electron chi connectivity index (χ0n) is 19.1. The molecule has 0 saturated carbocycles. The Hall–Kier alpha value is -2.87. The van der Waals surface area contributed by atoms with Crippen molar-refractivity contribution < 1.29 is 19.4 Å². The lowest BCUT2D eigenvalue weighted by atomic mass is 10.0. The fourth-order valence-corrected chi connectivity index (χ4v) is 4.12. The van der Waals surface area contributed by atoms with E-state index in [0.717, 1.165) is 0 Å². The van der Waals surface area contributed by atoms with Crippen LogP contribution >= 0.6 is 46.4 Å². The molecule has 1 atom stereocenters. The number of hydrogen-bond donors (Lipinski definition) is 1. The molecule has 2 aromatic carbocycles. The second-order valence-corrected chi connectivity index (χ2v) is 8.65. The van der Waals surface area contributed by atoms with Crippen molar-refractivity contribution in [3.8, 4) is 11.5 Å². The molecular weight excluding hydrogens is 546 g/mol. The first-order valence-corrected chi connectivity index (χ1v) is 11.9. The molecule has 0 spiro atoms. The van der Waals surface area contributed by atoms with Gasteiger partial charge in [0.15, 0.2) is 5.78 Å². The van der Waals surface area contributed by atoms with Gasteiger partial charge in [0.2, 0.25) is 0 Å². The SMILES string of the molecule is COc1ccccc1C(=O)c1ccc(Cl)nc1Cl.COc1ccccc1C(O)c1ccc(Cl)nc1Cl. The number of benzene rings is 2. The Kier molecular flexibility index (Phi) is 9.93. The number of aliphatic hydroxyl groups excluding tert-OH is 1. The van der Waals surface area contributed by atoms with Gasteiger partial charge in [0, 0.05) is 11.1 Å². The Balaban J connectivity index is 0.000000201. The van der Waals surface area contributed by atoms with Crippen LogP contribution < -0.4 is 9.47 Å². The molecule has 0 aliphatic rings. The van der Waals surface area contributed by atoms with E-state index in [2.05, 4.69) is 9.97 Å². The van der Waals surface area contributed by atoms with E-state index in [1.165, 1.54) is 13.2 Å². The summed E-state index contributed by atoms with van der Waals surface area (Å²) in [6, 6.07) is 20.4. The molecule has 36 heavy (non-hydrogen) atoms. The van der Waals surface area contributed by atoms with E-state index in [1.54, 1.807) is 61.7 Å². The number of aromatic nitrogens is 2. The van der Waals surface area contributed by atoms with Crippen LogP contribution in [-0.2, 0) is 0 Å². The monoisotopic (exact) mass is 564 g/mol. The van der Waals surface area contributed by atoms with Crippen LogP contribution in [0.25, 0.3) is 0 Å². The number of carbonyl (C=O) groups is 1. The Morgan fingerprint density at radius 2 is 1.25 bits per heavy atom. The lowest BCUT2D eigenvalue weighted by Crippen LogP contribution is -2.05. The minimum Gasteiger partial charge on any atom is -0.496 e. The summed E-state index contributed by atoms with van der Waals surface area (Å²) < 4.78 is 10.3. The number of ether oxygens (including phenoxy) is 2. The molecule has 10 heteroatoms. The number of hydrogen-bond acceptors (Lipinski definition) is 6. The zero-order chi connectivity index (χ0) is 26.2. The van der Waals surface area contributed by atoms with Gasteiger partial charge in [0.25, 0.3) is 0 Å². The molecule has 6 nitrogen and oxygen atoms in total. The number of methoxy groups -OCH3 is 2. The highest BCUT2D eigenvalue weighted by Gasteiger charge is 2.19. The van der Waals surface area contributed by atoms with Crippen molar-refractivity contribution in [2.45, 2.75) is 6.10 Å². The Bertz CT molecular complexity index is 1370. The van der Waals surface area contributed by atoms with Crippen molar-refractivity contribution in [3.63, 3.8) is 0 Å². The molecule has 0 saturated heterocycles. The van der Waals surface area contributed by atoms with Crippen molar-refractivity contribution in [1.82, 2.24) is 9.97 Å². The third-order valence-corrected chi connectivity index (χ3v) is 5.99. The quantitative estimate of drug-likeness (QED) is 0.198. The van der Waals surface area contributed by atoms with E-state index in [1.807, 2.05) is 12.1 Å². The summed E-state index contributed by atoms with van der Waals surface area (Å²) in [5, 5.41) is 11.1. The molecule has 0 aliphatic heterocycles. The Morgan fingerprint density at radius 1 is 0.694 bits per heavy atom. The van der Waals surface area contributed by atoms with E-state index in [9.17, 15) is 9.90 Å². The summed E-state index contributed by atoms with van der Waals surface area (Å²) in [5.41, 5.74) is 1.85. The minimum absolute atomic E-state index is 0.0819. The molecule has 0 fully saturated rings. The third-order valence-electron chi connectivity index (χ3n) is 4.98. The number of nitrogens with zero attached hydrogens (tertiary/aromatic N) is 2. The maximum atomic E-state index is 12.3. The van der Waals surface area contributed by atoms with Gasteiger partial charge in [-0.05, 0) is 42.5 Å². The van der Waals surface area contributed by atoms with E-state index >= 15 is 0 Å². The normalized spacial score (nSPS) is 11.2. The van der Waals surface area contributed by atoms with Crippen LogP contribution in [0.15, 0.2) is 72.8 Å². The van der Waals surface area contributed by atoms with Crippen LogP contribution in [-0.4, -0.2) is 35.1 Å². The number of para-hydroxylation sites is 2. The van der Waals surface area contributed by atoms with Gasteiger partial charge in [-0.1, -0.05) is 76.7 Å². The molecule has 0 radical (unpaired) electrons. The van der Waals surface area contributed by atoms with E-state index in [4.69, 9.17) is 55.9 Å². The zero-order valence-corrected chi connectivity index (χ0v) is 22.1. The number of carbonyl (C=O) groups excluding carboxylic acids is 1. The van der Waals surface area contributed by atoms with Crippen molar-refractivity contribution in [3.05, 3.63) is 116 Å². The first-order chi connectivity index (χ1) is 17.3. The standard InChI is InChI=1S/C13H11Cl2NO2.C13H9Cl2NO2/c2*1-18-10-5-3-2-4-8(10)12(17)9-6-7-11(14)16-13(9)15/h2-7,12,17H,1H3;2-7H,1H3. The van der Waals surface area contributed by atoms with Gasteiger partial charge < -0.3 is 14.6 Å². The van der Waals surface area contributed by atoms with Crippen LogP contribution in [0, 0.1) is 0 Å². The maximum absolute atomic E-state index is 12.3. The lowest BCUT2D eigenvalue weighted by Gasteiger charge is -2.15. The first kappa shape index (κ1) is 27.7. The van der Waals surface area contributed by atoms with Gasteiger partial charge >= 0.3 is 0 Å². The molecule has 2 aromatic heterocycles. The van der Waals surface area contributed by atoms with Crippen LogP contribution in [0.2, 0.25) is 20.6 Å². The highest BCUT2D eigenvalue weighted by atomic mass is 35.5. The predicted octanol–water partition coefficient (Wildman–Crippen LogP) is 7.11. The summed E-state index contributed by atoms with van der Waals surface area (Å²) >= 11 is 23.3. The highest BCUT2D eigenvalue weighted by Crippen LogP contribution is 2.33. The van der Waals surface area contributed by atoms with Gasteiger partial charge in [-0.3, -0.25) is 4.79 Å². The number of ketones is 1. The average molecular weight is 566 g/mol. The summed E-state index contributed by atoms with van der Waals surface area (Å²) in [7, 11) is 3.06. The Morgan fingerprint density at radius 3 is 1.86 bits per heavy atom. The fraction of sp³-hybridized carbons (Fsp3) is 0.115. The highest BCUT2D eigenvalue weighted by molar-refractivity contribution is 6.35. The van der Waals surface area contributed by atoms with Crippen LogP contribution in [0.4, 0.5) is 0 Å². The molecule has 4 rings (SSSR count). The maximum Gasteiger partial charge on any atom is 0.199 e. The second-order valence-electron chi connectivity index (χ2n) is 7.16. The summed E-state index contributed by atoms with van der Waals surface area (Å²) in [6.07, 6.45) is -0.904. The summed E-state index contributed by atoms with van der Waals surface area (Å²) in [5.74, 6) is 0.839. The number of rotatable bonds is 6.